The minimum Gasteiger partial charge on any atom is -0.493 e. The van der Waals surface area contributed by atoms with Gasteiger partial charge in [-0.1, -0.05) is 12.1 Å². The fourth-order valence-electron chi connectivity index (χ4n) is 1.48. The van der Waals surface area contributed by atoms with E-state index in [0.29, 0.717) is 12.4 Å². The SMILES string of the molecule is CCOc1ccccc1-c1cc(N)ncn1. The first kappa shape index (κ1) is 10.4. The van der Waals surface area contributed by atoms with Crippen LogP contribution in [-0.2, 0) is 0 Å². The molecule has 0 atom stereocenters. The van der Waals surface area contributed by atoms with Crippen LogP contribution in [0, 0.1) is 0 Å². The van der Waals surface area contributed by atoms with Gasteiger partial charge in [0.15, 0.2) is 0 Å². The van der Waals surface area contributed by atoms with Crippen molar-refractivity contribution in [3.8, 4) is 17.0 Å². The topological polar surface area (TPSA) is 61.0 Å². The monoisotopic (exact) mass is 215 g/mol. The Morgan fingerprint density at radius 1 is 1.25 bits per heavy atom. The number of nitrogens with zero attached hydrogens (tertiary/aromatic N) is 2. The van der Waals surface area contributed by atoms with Crippen molar-refractivity contribution in [3.05, 3.63) is 36.7 Å². The molecule has 0 spiro atoms. The maximum atomic E-state index is 5.63. The third kappa shape index (κ3) is 2.11. The van der Waals surface area contributed by atoms with Crippen molar-refractivity contribution in [1.29, 1.82) is 0 Å². The lowest BCUT2D eigenvalue weighted by Gasteiger charge is -2.09. The summed E-state index contributed by atoms with van der Waals surface area (Å²) >= 11 is 0. The van der Waals surface area contributed by atoms with Gasteiger partial charge in [0.2, 0.25) is 0 Å². The van der Waals surface area contributed by atoms with Crippen molar-refractivity contribution >= 4 is 5.82 Å². The van der Waals surface area contributed by atoms with Gasteiger partial charge in [0.05, 0.1) is 12.3 Å². The average Bonchev–Trinajstić information content (AvgIpc) is 2.30. The molecule has 1 aromatic carbocycles. The molecule has 2 rings (SSSR count). The second-order valence-corrected chi connectivity index (χ2v) is 3.26. The Labute approximate surface area is 94.1 Å². The zero-order valence-electron chi connectivity index (χ0n) is 9.05. The van der Waals surface area contributed by atoms with Crippen LogP contribution in [0.2, 0.25) is 0 Å². The number of nitrogen functional groups attached to an aromatic ring is 1. The van der Waals surface area contributed by atoms with Gasteiger partial charge < -0.3 is 10.5 Å². The first-order valence-electron chi connectivity index (χ1n) is 5.11. The molecule has 2 aromatic rings. The van der Waals surface area contributed by atoms with E-state index >= 15 is 0 Å². The van der Waals surface area contributed by atoms with E-state index in [0.717, 1.165) is 17.0 Å². The maximum Gasteiger partial charge on any atom is 0.128 e. The van der Waals surface area contributed by atoms with E-state index in [9.17, 15) is 0 Å². The average molecular weight is 215 g/mol. The highest BCUT2D eigenvalue weighted by Crippen LogP contribution is 2.28. The minimum atomic E-state index is 0.455. The summed E-state index contributed by atoms with van der Waals surface area (Å²) < 4.78 is 5.53. The number of para-hydroxylation sites is 1. The first-order valence-corrected chi connectivity index (χ1v) is 5.11. The lowest BCUT2D eigenvalue weighted by atomic mass is 10.1. The molecule has 2 N–H and O–H groups in total. The fraction of sp³-hybridized carbons (Fsp3) is 0.167. The van der Waals surface area contributed by atoms with Gasteiger partial charge in [-0.2, -0.15) is 0 Å². The Morgan fingerprint density at radius 3 is 2.81 bits per heavy atom. The number of aromatic nitrogens is 2. The van der Waals surface area contributed by atoms with Crippen molar-refractivity contribution in [2.45, 2.75) is 6.92 Å². The molecule has 0 aliphatic rings. The number of ether oxygens (including phenoxy) is 1. The second-order valence-electron chi connectivity index (χ2n) is 3.26. The number of anilines is 1. The van der Waals surface area contributed by atoms with Gasteiger partial charge in [0.1, 0.15) is 17.9 Å². The molecule has 1 heterocycles. The molecule has 0 unspecified atom stereocenters. The van der Waals surface area contributed by atoms with Crippen LogP contribution in [0.5, 0.6) is 5.75 Å². The quantitative estimate of drug-likeness (QED) is 0.851. The number of hydrogen-bond acceptors (Lipinski definition) is 4. The Morgan fingerprint density at radius 2 is 2.06 bits per heavy atom. The summed E-state index contributed by atoms with van der Waals surface area (Å²) in [6, 6.07) is 9.47. The fourth-order valence-corrected chi connectivity index (χ4v) is 1.48. The Balaban J connectivity index is 2.46. The van der Waals surface area contributed by atoms with Crippen LogP contribution in [-0.4, -0.2) is 16.6 Å². The van der Waals surface area contributed by atoms with E-state index in [1.165, 1.54) is 6.33 Å². The summed E-state index contributed by atoms with van der Waals surface area (Å²) in [4.78, 5) is 8.05. The van der Waals surface area contributed by atoms with Gasteiger partial charge in [-0.05, 0) is 19.1 Å². The number of hydrogen-bond donors (Lipinski definition) is 1. The van der Waals surface area contributed by atoms with Crippen molar-refractivity contribution < 1.29 is 4.74 Å². The lowest BCUT2D eigenvalue weighted by Crippen LogP contribution is -1.96. The molecule has 4 nitrogen and oxygen atoms in total. The predicted molar refractivity (Wildman–Crippen MR) is 63.0 cm³/mol. The molecule has 0 saturated heterocycles. The Hall–Kier alpha value is -2.10. The molecule has 0 saturated carbocycles. The second kappa shape index (κ2) is 4.61. The summed E-state index contributed by atoms with van der Waals surface area (Å²) in [6.45, 7) is 2.57. The predicted octanol–water partition coefficient (Wildman–Crippen LogP) is 2.12. The highest BCUT2D eigenvalue weighted by molar-refractivity contribution is 5.68. The zero-order valence-corrected chi connectivity index (χ0v) is 9.05. The van der Waals surface area contributed by atoms with Gasteiger partial charge in [-0.25, -0.2) is 9.97 Å². The van der Waals surface area contributed by atoms with Crippen LogP contribution in [0.4, 0.5) is 5.82 Å². The summed E-state index contributed by atoms with van der Waals surface area (Å²) in [5.74, 6) is 1.26. The summed E-state index contributed by atoms with van der Waals surface area (Å²) in [6.07, 6.45) is 1.45. The van der Waals surface area contributed by atoms with Crippen molar-refractivity contribution in [2.24, 2.45) is 0 Å². The Bertz CT molecular complexity index is 485. The number of benzene rings is 1. The van der Waals surface area contributed by atoms with Crippen LogP contribution in [0.15, 0.2) is 36.7 Å². The summed E-state index contributed by atoms with van der Waals surface area (Å²) in [5, 5.41) is 0. The smallest absolute Gasteiger partial charge is 0.128 e. The van der Waals surface area contributed by atoms with Gasteiger partial charge in [-0.15, -0.1) is 0 Å². The van der Waals surface area contributed by atoms with E-state index in [1.807, 2.05) is 31.2 Å². The Kier molecular flexibility index (Phi) is 3.00. The molecule has 0 amide bonds. The standard InChI is InChI=1S/C12H13N3O/c1-2-16-11-6-4-3-5-9(11)10-7-12(13)15-8-14-10/h3-8H,2H2,1H3,(H2,13,14,15). The third-order valence-corrected chi connectivity index (χ3v) is 2.15. The van der Waals surface area contributed by atoms with Crippen LogP contribution in [0.1, 0.15) is 6.92 Å². The van der Waals surface area contributed by atoms with Crippen LogP contribution in [0.25, 0.3) is 11.3 Å². The van der Waals surface area contributed by atoms with E-state index in [2.05, 4.69) is 9.97 Å². The molecule has 0 radical (unpaired) electrons. The molecule has 0 aliphatic heterocycles. The highest BCUT2D eigenvalue weighted by Gasteiger charge is 2.06. The van der Waals surface area contributed by atoms with Gasteiger partial charge >= 0.3 is 0 Å². The van der Waals surface area contributed by atoms with Crippen molar-refractivity contribution in [1.82, 2.24) is 9.97 Å². The van der Waals surface area contributed by atoms with Crippen molar-refractivity contribution in [2.75, 3.05) is 12.3 Å². The molecule has 16 heavy (non-hydrogen) atoms. The molecule has 0 fully saturated rings. The molecule has 4 heteroatoms. The summed E-state index contributed by atoms with van der Waals surface area (Å²) in [5.41, 5.74) is 7.33. The summed E-state index contributed by atoms with van der Waals surface area (Å²) in [7, 11) is 0. The number of nitrogens with two attached hydrogens (primary N) is 1. The number of rotatable bonds is 3. The lowest BCUT2D eigenvalue weighted by molar-refractivity contribution is 0.341. The maximum absolute atomic E-state index is 5.63. The van der Waals surface area contributed by atoms with E-state index in [-0.39, 0.29) is 0 Å². The van der Waals surface area contributed by atoms with E-state index in [4.69, 9.17) is 10.5 Å². The molecule has 0 aliphatic carbocycles. The van der Waals surface area contributed by atoms with Gasteiger partial charge in [0.25, 0.3) is 0 Å². The zero-order chi connectivity index (χ0) is 11.4. The highest BCUT2D eigenvalue weighted by atomic mass is 16.5. The molecular formula is C12H13N3O. The molecule has 0 bridgehead atoms. The largest absolute Gasteiger partial charge is 0.493 e. The van der Waals surface area contributed by atoms with E-state index < -0.39 is 0 Å². The molecule has 82 valence electrons. The van der Waals surface area contributed by atoms with Crippen molar-refractivity contribution in [3.63, 3.8) is 0 Å². The first-order chi connectivity index (χ1) is 7.81. The third-order valence-electron chi connectivity index (χ3n) is 2.15. The van der Waals surface area contributed by atoms with Gasteiger partial charge in [0, 0.05) is 11.6 Å². The van der Waals surface area contributed by atoms with Crippen LogP contribution >= 0.6 is 0 Å². The minimum absolute atomic E-state index is 0.455. The van der Waals surface area contributed by atoms with Crippen LogP contribution < -0.4 is 10.5 Å². The van der Waals surface area contributed by atoms with Gasteiger partial charge in [-0.3, -0.25) is 0 Å². The normalized spacial score (nSPS) is 10.1. The molecular weight excluding hydrogens is 202 g/mol. The molecule has 1 aromatic heterocycles. The van der Waals surface area contributed by atoms with Crippen LogP contribution in [0.3, 0.4) is 0 Å². The van der Waals surface area contributed by atoms with E-state index in [1.54, 1.807) is 6.07 Å².